The average molecular weight is 379 g/mol. The molecule has 2 fully saturated rings. The third-order valence-electron chi connectivity index (χ3n) is 4.81. The second kappa shape index (κ2) is 6.17. The molecule has 2 aliphatic heterocycles. The molecule has 1 atom stereocenters. The molecule has 2 aromatic rings. The first-order valence-electron chi connectivity index (χ1n) is 8.25. The summed E-state index contributed by atoms with van der Waals surface area (Å²) in [7, 11) is -3.37. The van der Waals surface area contributed by atoms with Gasteiger partial charge in [0, 0.05) is 18.0 Å². The molecule has 0 aliphatic carbocycles. The zero-order valence-electron chi connectivity index (χ0n) is 13.9. The summed E-state index contributed by atoms with van der Waals surface area (Å²) in [5.41, 5.74) is -0.613. The molecule has 7 nitrogen and oxygen atoms in total. The summed E-state index contributed by atoms with van der Waals surface area (Å²) < 4.78 is 46.0. The van der Waals surface area contributed by atoms with E-state index in [0.29, 0.717) is 0 Å². The molecule has 0 unspecified atom stereocenters. The number of benzene rings is 1. The van der Waals surface area contributed by atoms with Crippen LogP contribution < -0.4 is 0 Å². The maximum atomic E-state index is 13.3. The van der Waals surface area contributed by atoms with Gasteiger partial charge in [-0.25, -0.2) is 12.8 Å². The molecule has 1 amide bonds. The highest BCUT2D eigenvalue weighted by molar-refractivity contribution is 7.92. The predicted octanol–water partition coefficient (Wildman–Crippen LogP) is 0.731. The van der Waals surface area contributed by atoms with Crippen LogP contribution in [0.3, 0.4) is 0 Å². The first-order chi connectivity index (χ1) is 12.4. The Balaban J connectivity index is 1.41. The molecule has 2 aliphatic rings. The number of hydrogen-bond acceptors (Lipinski definition) is 5. The lowest BCUT2D eigenvalue weighted by molar-refractivity contribution is -0.121. The van der Waals surface area contributed by atoms with Crippen molar-refractivity contribution < 1.29 is 22.3 Å². The molecule has 0 bridgehead atoms. The fourth-order valence-corrected chi connectivity index (χ4v) is 5.35. The minimum atomic E-state index is -3.37. The molecule has 138 valence electrons. The highest BCUT2D eigenvalue weighted by atomic mass is 32.2. The maximum Gasteiger partial charge on any atom is 0.254 e. The Hall–Kier alpha value is -2.26. The normalized spacial score (nSPS) is 23.6. The fourth-order valence-electron chi connectivity index (χ4n) is 3.46. The summed E-state index contributed by atoms with van der Waals surface area (Å²) in [5.74, 6) is -0.933. The lowest BCUT2D eigenvalue weighted by Crippen LogP contribution is -2.70. The molecule has 4 rings (SSSR count). The summed E-state index contributed by atoms with van der Waals surface area (Å²) >= 11 is 0. The molecule has 9 heteroatoms. The van der Waals surface area contributed by atoms with Gasteiger partial charge < -0.3 is 9.64 Å². The van der Waals surface area contributed by atoms with E-state index in [1.807, 2.05) is 0 Å². The number of halogens is 1. The largest absolute Gasteiger partial charge is 0.369 e. The standard InChI is InChI=1S/C17H18FN3O4S/c18-14-4-1-3-13(7-14)16(22)20-10-17(11-20)12-26(23,24)15(9-25-17)8-21-6-2-5-19-21/h1-7,15H,8-12H2/t15-/m0/s1. The van der Waals surface area contributed by atoms with E-state index in [-0.39, 0.29) is 43.5 Å². The van der Waals surface area contributed by atoms with E-state index in [9.17, 15) is 17.6 Å². The zero-order valence-corrected chi connectivity index (χ0v) is 14.7. The lowest BCUT2D eigenvalue weighted by Gasteiger charge is -2.52. The molecular formula is C17H18FN3O4S. The van der Waals surface area contributed by atoms with Gasteiger partial charge in [0.1, 0.15) is 16.7 Å². The Kier molecular flexibility index (Phi) is 4.07. The quantitative estimate of drug-likeness (QED) is 0.785. The number of rotatable bonds is 3. The zero-order chi connectivity index (χ0) is 18.4. The number of nitrogens with zero attached hydrogens (tertiary/aromatic N) is 3. The van der Waals surface area contributed by atoms with Crippen LogP contribution in [-0.2, 0) is 21.1 Å². The molecule has 2 saturated heterocycles. The van der Waals surface area contributed by atoms with Gasteiger partial charge in [0.2, 0.25) is 0 Å². The molecule has 1 spiro atoms. The van der Waals surface area contributed by atoms with Crippen LogP contribution >= 0.6 is 0 Å². The van der Waals surface area contributed by atoms with E-state index in [0.717, 1.165) is 0 Å². The van der Waals surface area contributed by atoms with Gasteiger partial charge in [-0.2, -0.15) is 5.10 Å². The van der Waals surface area contributed by atoms with E-state index < -0.39 is 26.5 Å². The van der Waals surface area contributed by atoms with Crippen molar-refractivity contribution in [2.75, 3.05) is 25.4 Å². The first kappa shape index (κ1) is 17.2. The summed E-state index contributed by atoms with van der Waals surface area (Å²) in [6.07, 6.45) is 3.31. The molecule has 0 N–H and O–H groups in total. The Morgan fingerprint density at radius 3 is 2.81 bits per heavy atom. The van der Waals surface area contributed by atoms with Crippen LogP contribution in [0, 0.1) is 5.82 Å². The Bertz CT molecular complexity index is 923. The van der Waals surface area contributed by atoms with Crippen molar-refractivity contribution in [1.82, 2.24) is 14.7 Å². The number of ether oxygens (including phenoxy) is 1. The van der Waals surface area contributed by atoms with Gasteiger partial charge in [-0.1, -0.05) is 6.07 Å². The van der Waals surface area contributed by atoms with Crippen molar-refractivity contribution in [1.29, 1.82) is 0 Å². The van der Waals surface area contributed by atoms with E-state index >= 15 is 0 Å². The van der Waals surface area contributed by atoms with Crippen molar-refractivity contribution >= 4 is 15.7 Å². The molecule has 0 saturated carbocycles. The van der Waals surface area contributed by atoms with Gasteiger partial charge in [0.25, 0.3) is 5.91 Å². The van der Waals surface area contributed by atoms with E-state index in [1.54, 1.807) is 23.1 Å². The molecule has 0 radical (unpaired) electrons. The molecule has 1 aromatic carbocycles. The van der Waals surface area contributed by atoms with Crippen LogP contribution in [0.1, 0.15) is 10.4 Å². The Morgan fingerprint density at radius 1 is 1.35 bits per heavy atom. The van der Waals surface area contributed by atoms with Crippen LogP contribution in [0.2, 0.25) is 0 Å². The van der Waals surface area contributed by atoms with Crippen molar-refractivity contribution in [2.24, 2.45) is 0 Å². The number of amides is 1. The van der Waals surface area contributed by atoms with Gasteiger partial charge in [0.05, 0.1) is 32.0 Å². The third kappa shape index (κ3) is 3.12. The number of likely N-dealkylation sites (tertiary alicyclic amines) is 1. The minimum absolute atomic E-state index is 0.0736. The van der Waals surface area contributed by atoms with Gasteiger partial charge >= 0.3 is 0 Å². The first-order valence-corrected chi connectivity index (χ1v) is 9.96. The summed E-state index contributed by atoms with van der Waals surface area (Å²) in [6.45, 7) is 0.702. The van der Waals surface area contributed by atoms with Gasteiger partial charge in [-0.15, -0.1) is 0 Å². The van der Waals surface area contributed by atoms with Gasteiger partial charge in [-0.05, 0) is 24.3 Å². The SMILES string of the molecule is O=C(c1cccc(F)c1)N1CC2(C1)CS(=O)(=O)[C@@H](Cn1cccn1)CO2. The van der Waals surface area contributed by atoms with E-state index in [2.05, 4.69) is 5.10 Å². The summed E-state index contributed by atoms with van der Waals surface area (Å²) in [6, 6.07) is 7.19. The van der Waals surface area contributed by atoms with Crippen LogP contribution in [0.4, 0.5) is 4.39 Å². The van der Waals surface area contributed by atoms with Crippen molar-refractivity contribution in [3.63, 3.8) is 0 Å². The third-order valence-corrected chi connectivity index (χ3v) is 7.04. The maximum absolute atomic E-state index is 13.3. The van der Waals surface area contributed by atoms with Crippen LogP contribution in [0.25, 0.3) is 0 Å². The average Bonchev–Trinajstić information content (AvgIpc) is 3.07. The summed E-state index contributed by atoms with van der Waals surface area (Å²) in [4.78, 5) is 13.9. The van der Waals surface area contributed by atoms with Crippen molar-refractivity contribution in [3.8, 4) is 0 Å². The Labute approximate surface area is 150 Å². The number of carbonyl (C=O) groups excluding carboxylic acids is 1. The predicted molar refractivity (Wildman–Crippen MR) is 90.8 cm³/mol. The van der Waals surface area contributed by atoms with Crippen LogP contribution in [0.5, 0.6) is 0 Å². The monoisotopic (exact) mass is 379 g/mol. The minimum Gasteiger partial charge on any atom is -0.369 e. The summed E-state index contributed by atoms with van der Waals surface area (Å²) in [5, 5.41) is 3.38. The second-order valence-corrected chi connectivity index (χ2v) is 9.10. The van der Waals surface area contributed by atoms with Crippen LogP contribution in [-0.4, -0.2) is 65.3 Å². The molecule has 1 aromatic heterocycles. The second-order valence-electron chi connectivity index (χ2n) is 6.82. The van der Waals surface area contributed by atoms with Gasteiger partial charge in [0.15, 0.2) is 9.84 Å². The lowest BCUT2D eigenvalue weighted by atomic mass is 9.94. The fraction of sp³-hybridized carbons (Fsp3) is 0.412. The number of aromatic nitrogens is 2. The Morgan fingerprint density at radius 2 is 2.15 bits per heavy atom. The topological polar surface area (TPSA) is 81.5 Å². The highest BCUT2D eigenvalue weighted by Gasteiger charge is 2.53. The molecule has 26 heavy (non-hydrogen) atoms. The smallest absolute Gasteiger partial charge is 0.254 e. The van der Waals surface area contributed by atoms with Crippen LogP contribution in [0.15, 0.2) is 42.7 Å². The molecular weight excluding hydrogens is 361 g/mol. The highest BCUT2D eigenvalue weighted by Crippen LogP contribution is 2.33. The van der Waals surface area contributed by atoms with Crippen molar-refractivity contribution in [2.45, 2.75) is 17.4 Å². The van der Waals surface area contributed by atoms with E-state index in [1.165, 1.54) is 29.2 Å². The van der Waals surface area contributed by atoms with Crippen molar-refractivity contribution in [3.05, 3.63) is 54.1 Å². The van der Waals surface area contributed by atoms with E-state index in [4.69, 9.17) is 4.74 Å². The number of hydrogen-bond donors (Lipinski definition) is 0. The number of carbonyl (C=O) groups is 1. The van der Waals surface area contributed by atoms with Gasteiger partial charge in [-0.3, -0.25) is 9.48 Å². The molecule has 3 heterocycles. The number of sulfone groups is 1.